The van der Waals surface area contributed by atoms with Crippen molar-refractivity contribution in [1.82, 2.24) is 0 Å². The van der Waals surface area contributed by atoms with Crippen molar-refractivity contribution in [3.05, 3.63) is 33.6 Å². The molecule has 7 heteroatoms. The third-order valence-corrected chi connectivity index (χ3v) is 2.43. The van der Waals surface area contributed by atoms with Gasteiger partial charge in [0.2, 0.25) is 0 Å². The zero-order valence-corrected chi connectivity index (χ0v) is 10.1. The highest BCUT2D eigenvalue weighted by molar-refractivity contribution is 9.10. The maximum absolute atomic E-state index is 13.3. The molecule has 0 saturated heterocycles. The Hall–Kier alpha value is -1.37. The Balaban J connectivity index is 3.28. The van der Waals surface area contributed by atoms with Crippen LogP contribution in [0, 0.1) is 17.5 Å². The van der Waals surface area contributed by atoms with Crippen molar-refractivity contribution in [1.29, 1.82) is 0 Å². The first-order valence-electron chi connectivity index (χ1n) is 4.44. The molecule has 0 amide bonds. The van der Waals surface area contributed by atoms with Crippen molar-refractivity contribution in [3.8, 4) is 0 Å². The summed E-state index contributed by atoms with van der Waals surface area (Å²) in [6.07, 6.45) is 0. The molecule has 1 aromatic carbocycles. The summed E-state index contributed by atoms with van der Waals surface area (Å²) in [5.74, 6) is -7.72. The van der Waals surface area contributed by atoms with Crippen LogP contribution in [-0.4, -0.2) is 18.4 Å². The summed E-state index contributed by atoms with van der Waals surface area (Å²) in [6.45, 7) is 1.36. The summed E-state index contributed by atoms with van der Waals surface area (Å²) in [6, 6.07) is 0.560. The predicted octanol–water partition coefficient (Wildman–Crippen LogP) is 2.61. The van der Waals surface area contributed by atoms with E-state index in [4.69, 9.17) is 0 Å². The minimum absolute atomic E-state index is 0.0898. The second-order valence-corrected chi connectivity index (χ2v) is 3.75. The largest absolute Gasteiger partial charge is 0.460 e. The molecule has 0 radical (unpaired) electrons. The van der Waals surface area contributed by atoms with E-state index in [0.717, 1.165) is 0 Å². The van der Waals surface area contributed by atoms with Crippen LogP contribution in [0.3, 0.4) is 0 Å². The third kappa shape index (κ3) is 2.66. The molecule has 92 valence electrons. The topological polar surface area (TPSA) is 43.4 Å². The van der Waals surface area contributed by atoms with Gasteiger partial charge in [-0.3, -0.25) is 4.79 Å². The Morgan fingerprint density at radius 1 is 1.29 bits per heavy atom. The molecule has 0 atom stereocenters. The molecule has 0 bridgehead atoms. The summed E-state index contributed by atoms with van der Waals surface area (Å²) in [4.78, 5) is 22.5. The lowest BCUT2D eigenvalue weighted by Gasteiger charge is -2.06. The first-order valence-corrected chi connectivity index (χ1v) is 5.23. The maximum Gasteiger partial charge on any atom is 0.379 e. The maximum atomic E-state index is 13.3. The van der Waals surface area contributed by atoms with Gasteiger partial charge in [0.1, 0.15) is 0 Å². The van der Waals surface area contributed by atoms with Crippen molar-refractivity contribution >= 4 is 27.7 Å². The zero-order valence-electron chi connectivity index (χ0n) is 8.52. The molecule has 1 rings (SSSR count). The van der Waals surface area contributed by atoms with Gasteiger partial charge in [0.25, 0.3) is 5.78 Å². The smallest absolute Gasteiger partial charge is 0.379 e. The van der Waals surface area contributed by atoms with Crippen molar-refractivity contribution in [3.63, 3.8) is 0 Å². The molecule has 0 N–H and O–H groups in total. The third-order valence-electron chi connectivity index (χ3n) is 1.80. The van der Waals surface area contributed by atoms with Crippen molar-refractivity contribution in [2.24, 2.45) is 0 Å². The van der Waals surface area contributed by atoms with E-state index in [1.807, 2.05) is 0 Å². The molecule has 17 heavy (non-hydrogen) atoms. The normalized spacial score (nSPS) is 10.2. The van der Waals surface area contributed by atoms with Gasteiger partial charge in [0.15, 0.2) is 17.5 Å². The number of esters is 1. The van der Waals surface area contributed by atoms with Crippen LogP contribution in [0.2, 0.25) is 0 Å². The van der Waals surface area contributed by atoms with E-state index in [1.165, 1.54) is 6.92 Å². The lowest BCUT2D eigenvalue weighted by Crippen LogP contribution is -2.20. The van der Waals surface area contributed by atoms with Gasteiger partial charge >= 0.3 is 5.97 Å². The van der Waals surface area contributed by atoms with Gasteiger partial charge in [0.05, 0.1) is 12.2 Å². The number of rotatable bonds is 3. The van der Waals surface area contributed by atoms with E-state index < -0.39 is 34.8 Å². The van der Waals surface area contributed by atoms with E-state index in [2.05, 4.69) is 20.7 Å². The summed E-state index contributed by atoms with van der Waals surface area (Å²) in [5.41, 5.74) is -0.887. The summed E-state index contributed by atoms with van der Waals surface area (Å²) < 4.78 is 43.0. The van der Waals surface area contributed by atoms with Crippen LogP contribution < -0.4 is 0 Å². The van der Waals surface area contributed by atoms with Gasteiger partial charge in [-0.15, -0.1) is 0 Å². The average molecular weight is 311 g/mol. The molecule has 0 aliphatic carbocycles. The summed E-state index contributed by atoms with van der Waals surface area (Å²) >= 11 is 2.68. The molecule has 0 heterocycles. The van der Waals surface area contributed by atoms with Crippen LogP contribution >= 0.6 is 15.9 Å². The van der Waals surface area contributed by atoms with Crippen molar-refractivity contribution in [2.75, 3.05) is 6.61 Å². The SMILES string of the molecule is CCOC(=O)C(=O)c1c(Br)cc(F)c(F)c1F. The summed E-state index contributed by atoms with van der Waals surface area (Å²) in [7, 11) is 0. The first-order chi connectivity index (χ1) is 7.90. The molecule has 0 spiro atoms. The lowest BCUT2D eigenvalue weighted by molar-refractivity contribution is -0.137. The molecule has 0 aromatic heterocycles. The second kappa shape index (κ2) is 5.31. The Morgan fingerprint density at radius 3 is 2.41 bits per heavy atom. The molecule has 0 saturated carbocycles. The molecular formula is C10H6BrF3O3. The fourth-order valence-corrected chi connectivity index (χ4v) is 1.63. The van der Waals surface area contributed by atoms with Gasteiger partial charge in [-0.1, -0.05) is 0 Å². The second-order valence-electron chi connectivity index (χ2n) is 2.89. The lowest BCUT2D eigenvalue weighted by atomic mass is 10.1. The number of hydrogen-bond donors (Lipinski definition) is 0. The van der Waals surface area contributed by atoms with Crippen LogP contribution in [0.5, 0.6) is 0 Å². The van der Waals surface area contributed by atoms with Crippen LogP contribution in [-0.2, 0) is 9.53 Å². The number of ether oxygens (including phenoxy) is 1. The fourth-order valence-electron chi connectivity index (χ4n) is 1.07. The molecule has 0 fully saturated rings. The molecular weight excluding hydrogens is 305 g/mol. The Labute approximate surface area is 103 Å². The highest BCUT2D eigenvalue weighted by Gasteiger charge is 2.28. The monoisotopic (exact) mass is 310 g/mol. The molecule has 3 nitrogen and oxygen atoms in total. The summed E-state index contributed by atoms with van der Waals surface area (Å²) in [5, 5.41) is 0. The minimum Gasteiger partial charge on any atom is -0.460 e. The first kappa shape index (κ1) is 13.7. The number of carbonyl (C=O) groups excluding carboxylic acids is 2. The van der Waals surface area contributed by atoms with Gasteiger partial charge in [-0.05, 0) is 28.9 Å². The Morgan fingerprint density at radius 2 is 1.88 bits per heavy atom. The standard InChI is InChI=1S/C10H6BrF3O3/c1-2-17-10(16)9(15)6-4(11)3-5(12)7(13)8(6)14/h3H,2H2,1H3. The van der Waals surface area contributed by atoms with Crippen molar-refractivity contribution < 1.29 is 27.5 Å². The van der Waals surface area contributed by atoms with Crippen LogP contribution in [0.15, 0.2) is 10.5 Å². The number of halogens is 4. The van der Waals surface area contributed by atoms with Crippen LogP contribution in [0.1, 0.15) is 17.3 Å². The molecule has 0 aliphatic heterocycles. The van der Waals surface area contributed by atoms with Gasteiger partial charge in [-0.2, -0.15) is 0 Å². The number of hydrogen-bond acceptors (Lipinski definition) is 3. The van der Waals surface area contributed by atoms with E-state index in [1.54, 1.807) is 0 Å². The Bertz CT molecular complexity index is 488. The predicted molar refractivity (Wildman–Crippen MR) is 55.0 cm³/mol. The van der Waals surface area contributed by atoms with Crippen molar-refractivity contribution in [2.45, 2.75) is 6.92 Å². The van der Waals surface area contributed by atoms with E-state index in [-0.39, 0.29) is 11.1 Å². The van der Waals surface area contributed by atoms with Crippen LogP contribution in [0.4, 0.5) is 13.2 Å². The number of Topliss-reactive ketones (excluding diaryl/α,β-unsaturated/α-hetero) is 1. The fraction of sp³-hybridized carbons (Fsp3) is 0.200. The van der Waals surface area contributed by atoms with Crippen LogP contribution in [0.25, 0.3) is 0 Å². The number of carbonyl (C=O) groups is 2. The quantitative estimate of drug-likeness (QED) is 0.283. The van der Waals surface area contributed by atoms with Gasteiger partial charge in [-0.25, -0.2) is 18.0 Å². The number of ketones is 1. The molecule has 1 aromatic rings. The highest BCUT2D eigenvalue weighted by Crippen LogP contribution is 2.25. The van der Waals surface area contributed by atoms with E-state index >= 15 is 0 Å². The van der Waals surface area contributed by atoms with Gasteiger partial charge in [0, 0.05) is 4.47 Å². The zero-order chi connectivity index (χ0) is 13.2. The number of benzene rings is 1. The Kier molecular flexibility index (Phi) is 4.28. The average Bonchev–Trinajstić information content (AvgIpc) is 2.26. The molecule has 0 unspecified atom stereocenters. The van der Waals surface area contributed by atoms with Gasteiger partial charge < -0.3 is 4.74 Å². The highest BCUT2D eigenvalue weighted by atomic mass is 79.9. The minimum atomic E-state index is -1.82. The van der Waals surface area contributed by atoms with E-state index in [0.29, 0.717) is 6.07 Å². The van der Waals surface area contributed by atoms with E-state index in [9.17, 15) is 22.8 Å². The molecule has 0 aliphatic rings.